The van der Waals surface area contributed by atoms with E-state index in [9.17, 15) is 14.4 Å². The molecule has 4 amide bonds. The van der Waals surface area contributed by atoms with E-state index < -0.39 is 0 Å². The van der Waals surface area contributed by atoms with Crippen molar-refractivity contribution in [2.45, 2.75) is 25.0 Å². The third-order valence-electron chi connectivity index (χ3n) is 6.35. The first kappa shape index (κ1) is 27.3. The number of hydrogen-bond donors (Lipinski definition) is 1. The third-order valence-corrected chi connectivity index (χ3v) is 7.61. The molecule has 0 saturated carbocycles. The molecule has 0 spiro atoms. The van der Waals surface area contributed by atoms with Crippen molar-refractivity contribution in [3.05, 3.63) is 40.5 Å². The van der Waals surface area contributed by atoms with E-state index in [-0.39, 0.29) is 29.6 Å². The first-order valence-electron chi connectivity index (χ1n) is 12.0. The van der Waals surface area contributed by atoms with Crippen LogP contribution in [0.1, 0.15) is 13.8 Å². The molecular formula is C24H29Cl2N7O3S. The van der Waals surface area contributed by atoms with Gasteiger partial charge >= 0.3 is 6.03 Å². The van der Waals surface area contributed by atoms with Gasteiger partial charge in [0.05, 0.1) is 5.75 Å². The summed E-state index contributed by atoms with van der Waals surface area (Å²) >= 11 is 13.5. The Bertz CT molecular complexity index is 1160. The van der Waals surface area contributed by atoms with Crippen molar-refractivity contribution >= 4 is 64.3 Å². The summed E-state index contributed by atoms with van der Waals surface area (Å²) in [5.41, 5.74) is 0.645. The molecular weight excluding hydrogens is 537 g/mol. The van der Waals surface area contributed by atoms with Crippen molar-refractivity contribution in [3.63, 3.8) is 0 Å². The predicted molar refractivity (Wildman–Crippen MR) is 145 cm³/mol. The standard InChI is InChI=1S/C24H29Cl2N7O3S/c1-16-14-32(10-11-33(16)24(36)27-19-5-3-4-18(25)12-19)21-13-20(26)28-23(29-21)37-15-22(35)31-8-6-30(7-9-31)17(2)34/h3-5,12-13,16H,6-11,14-15H2,1-2H3,(H,27,36)/t16-/m0/s1. The summed E-state index contributed by atoms with van der Waals surface area (Å²) in [6.45, 7) is 7.30. The monoisotopic (exact) mass is 565 g/mol. The summed E-state index contributed by atoms with van der Waals surface area (Å²) in [7, 11) is 0. The van der Waals surface area contributed by atoms with Crippen LogP contribution in [0.5, 0.6) is 0 Å². The molecule has 0 bridgehead atoms. The Balaban J connectivity index is 1.32. The zero-order valence-corrected chi connectivity index (χ0v) is 23.0. The van der Waals surface area contributed by atoms with Gasteiger partial charge in [-0.1, -0.05) is 41.0 Å². The number of anilines is 2. The molecule has 2 aliphatic rings. The average molecular weight is 567 g/mol. The van der Waals surface area contributed by atoms with Crippen LogP contribution in [0.2, 0.25) is 10.2 Å². The van der Waals surface area contributed by atoms with Crippen molar-refractivity contribution in [1.29, 1.82) is 0 Å². The number of hydrogen-bond acceptors (Lipinski definition) is 7. The lowest BCUT2D eigenvalue weighted by Gasteiger charge is -2.40. The molecule has 2 saturated heterocycles. The first-order chi connectivity index (χ1) is 17.7. The number of rotatable bonds is 5. The van der Waals surface area contributed by atoms with Crippen molar-refractivity contribution in [2.75, 3.05) is 61.8 Å². The molecule has 2 aromatic rings. The first-order valence-corrected chi connectivity index (χ1v) is 13.7. The molecule has 1 N–H and O–H groups in total. The van der Waals surface area contributed by atoms with Gasteiger partial charge in [-0.3, -0.25) is 9.59 Å². The molecule has 1 aromatic carbocycles. The largest absolute Gasteiger partial charge is 0.353 e. The predicted octanol–water partition coefficient (Wildman–Crippen LogP) is 3.31. The highest BCUT2D eigenvalue weighted by molar-refractivity contribution is 7.99. The van der Waals surface area contributed by atoms with Gasteiger partial charge in [-0.15, -0.1) is 0 Å². The number of piperazine rings is 2. The van der Waals surface area contributed by atoms with Crippen LogP contribution >= 0.6 is 35.0 Å². The fraction of sp³-hybridized carbons (Fsp3) is 0.458. The van der Waals surface area contributed by atoms with Gasteiger partial charge in [0.2, 0.25) is 11.8 Å². The van der Waals surface area contributed by atoms with Crippen LogP contribution < -0.4 is 10.2 Å². The molecule has 2 aliphatic heterocycles. The number of carbonyl (C=O) groups is 3. The Morgan fingerprint density at radius 1 is 1.03 bits per heavy atom. The van der Waals surface area contributed by atoms with Crippen molar-refractivity contribution < 1.29 is 14.4 Å². The normalized spacial score (nSPS) is 18.1. The number of carbonyl (C=O) groups excluding carboxylic acids is 3. The van der Waals surface area contributed by atoms with Gasteiger partial charge in [0, 0.05) is 75.6 Å². The molecule has 0 radical (unpaired) electrons. The second-order valence-electron chi connectivity index (χ2n) is 8.94. The van der Waals surface area contributed by atoms with E-state index >= 15 is 0 Å². The summed E-state index contributed by atoms with van der Waals surface area (Å²) in [5, 5.41) is 4.17. The molecule has 1 atom stereocenters. The van der Waals surface area contributed by atoms with Crippen LogP contribution in [0.25, 0.3) is 0 Å². The lowest BCUT2D eigenvalue weighted by Crippen LogP contribution is -2.55. The number of halogens is 2. The minimum Gasteiger partial charge on any atom is -0.353 e. The number of nitrogens with one attached hydrogen (secondary N) is 1. The minimum absolute atomic E-state index is 0.0220. The van der Waals surface area contributed by atoms with Crippen LogP contribution in [0.3, 0.4) is 0 Å². The molecule has 3 heterocycles. The summed E-state index contributed by atoms with van der Waals surface area (Å²) in [6, 6.07) is 8.48. The van der Waals surface area contributed by atoms with E-state index in [1.165, 1.54) is 18.7 Å². The fourth-order valence-electron chi connectivity index (χ4n) is 4.33. The second-order valence-corrected chi connectivity index (χ2v) is 10.7. The molecule has 13 heteroatoms. The molecule has 2 fully saturated rings. The lowest BCUT2D eigenvalue weighted by molar-refractivity contribution is -0.136. The Hall–Kier alpha value is -2.76. The van der Waals surface area contributed by atoms with Gasteiger partial charge in [-0.2, -0.15) is 0 Å². The van der Waals surface area contributed by atoms with Gasteiger partial charge < -0.3 is 24.9 Å². The van der Waals surface area contributed by atoms with Crippen molar-refractivity contribution in [3.8, 4) is 0 Å². The number of thioether (sulfide) groups is 1. The Morgan fingerprint density at radius 2 is 1.76 bits per heavy atom. The van der Waals surface area contributed by atoms with Crippen LogP contribution in [0.15, 0.2) is 35.5 Å². The van der Waals surface area contributed by atoms with Crippen LogP contribution in [0.4, 0.5) is 16.3 Å². The van der Waals surface area contributed by atoms with Gasteiger partial charge in [-0.25, -0.2) is 14.8 Å². The Kier molecular flexibility index (Phi) is 8.99. The fourth-order valence-corrected chi connectivity index (χ4v) is 5.50. The van der Waals surface area contributed by atoms with Crippen LogP contribution in [0, 0.1) is 0 Å². The molecule has 198 valence electrons. The number of urea groups is 1. The number of nitrogens with zero attached hydrogens (tertiary/aromatic N) is 6. The SMILES string of the molecule is CC(=O)N1CCN(C(=O)CSc2nc(Cl)cc(N3CCN(C(=O)Nc4cccc(Cl)c4)[C@@H](C)C3)n2)CC1. The van der Waals surface area contributed by atoms with Gasteiger partial charge in [0.15, 0.2) is 5.16 Å². The maximum Gasteiger partial charge on any atom is 0.322 e. The number of amides is 4. The smallest absolute Gasteiger partial charge is 0.322 e. The van der Waals surface area contributed by atoms with E-state index in [2.05, 4.69) is 20.2 Å². The highest BCUT2D eigenvalue weighted by Crippen LogP contribution is 2.25. The molecule has 4 rings (SSSR count). The summed E-state index contributed by atoms with van der Waals surface area (Å²) in [6.07, 6.45) is 0. The number of benzene rings is 1. The maximum atomic E-state index is 12.8. The lowest BCUT2D eigenvalue weighted by atomic mass is 10.2. The molecule has 0 unspecified atom stereocenters. The molecule has 0 aliphatic carbocycles. The highest BCUT2D eigenvalue weighted by Gasteiger charge is 2.29. The van der Waals surface area contributed by atoms with Gasteiger partial charge in [0.1, 0.15) is 11.0 Å². The van der Waals surface area contributed by atoms with Gasteiger partial charge in [-0.05, 0) is 25.1 Å². The second kappa shape index (κ2) is 12.2. The van der Waals surface area contributed by atoms with E-state index in [0.29, 0.717) is 72.7 Å². The average Bonchev–Trinajstić information content (AvgIpc) is 2.87. The third kappa shape index (κ3) is 7.18. The molecule has 1 aromatic heterocycles. The van der Waals surface area contributed by atoms with Gasteiger partial charge in [0.25, 0.3) is 0 Å². The zero-order chi connectivity index (χ0) is 26.5. The summed E-state index contributed by atoms with van der Waals surface area (Å²) in [4.78, 5) is 53.2. The van der Waals surface area contributed by atoms with Crippen LogP contribution in [-0.2, 0) is 9.59 Å². The molecule has 37 heavy (non-hydrogen) atoms. The maximum absolute atomic E-state index is 12.8. The zero-order valence-electron chi connectivity index (χ0n) is 20.7. The van der Waals surface area contributed by atoms with E-state index in [1.54, 1.807) is 45.0 Å². The quantitative estimate of drug-likeness (QED) is 0.337. The Labute approximate surface area is 230 Å². The van der Waals surface area contributed by atoms with Crippen molar-refractivity contribution in [1.82, 2.24) is 24.7 Å². The topological polar surface area (TPSA) is 102 Å². The Morgan fingerprint density at radius 3 is 2.43 bits per heavy atom. The molecule has 10 nitrogen and oxygen atoms in total. The van der Waals surface area contributed by atoms with E-state index in [4.69, 9.17) is 23.2 Å². The van der Waals surface area contributed by atoms with E-state index in [1.807, 2.05) is 6.92 Å². The number of aromatic nitrogens is 2. The van der Waals surface area contributed by atoms with E-state index in [0.717, 1.165) is 0 Å². The van der Waals surface area contributed by atoms with Crippen LogP contribution in [-0.4, -0.2) is 100 Å². The summed E-state index contributed by atoms with van der Waals surface area (Å²) < 4.78 is 0. The minimum atomic E-state index is -0.186. The highest BCUT2D eigenvalue weighted by atomic mass is 35.5. The summed E-state index contributed by atoms with van der Waals surface area (Å²) in [5.74, 6) is 0.851. The van der Waals surface area contributed by atoms with Crippen molar-refractivity contribution in [2.24, 2.45) is 0 Å².